The Balaban J connectivity index is 2.66. The molecule has 0 saturated carbocycles. The third kappa shape index (κ3) is 2.64. The minimum absolute atomic E-state index is 0.124. The van der Waals surface area contributed by atoms with Crippen LogP contribution in [0.1, 0.15) is 18.9 Å². The van der Waals surface area contributed by atoms with E-state index < -0.39 is 11.6 Å². The van der Waals surface area contributed by atoms with E-state index >= 15 is 0 Å². The van der Waals surface area contributed by atoms with Crippen LogP contribution in [0.2, 0.25) is 0 Å². The van der Waals surface area contributed by atoms with Crippen molar-refractivity contribution in [2.45, 2.75) is 18.9 Å². The molecule has 0 saturated heterocycles. The van der Waals surface area contributed by atoms with Gasteiger partial charge in [-0.25, -0.2) is 4.79 Å². The van der Waals surface area contributed by atoms with Gasteiger partial charge < -0.3 is 15.3 Å². The molecule has 0 amide bonds. The van der Waals surface area contributed by atoms with E-state index in [0.717, 1.165) is 0 Å². The van der Waals surface area contributed by atoms with Gasteiger partial charge in [0.15, 0.2) is 0 Å². The summed E-state index contributed by atoms with van der Waals surface area (Å²) in [6.45, 7) is 1.66. The molecule has 1 aliphatic carbocycles. The molecule has 0 aliphatic heterocycles. The molecule has 0 bridgehead atoms. The fourth-order valence-corrected chi connectivity index (χ4v) is 3.04. The van der Waals surface area contributed by atoms with Gasteiger partial charge in [-0.3, -0.25) is 0 Å². The maximum Gasteiger partial charge on any atom is 0.335 e. The highest BCUT2D eigenvalue weighted by Gasteiger charge is 2.35. The number of aromatic hydroxyl groups is 1. The molecule has 20 heavy (non-hydrogen) atoms. The topological polar surface area (TPSA) is 77.8 Å². The van der Waals surface area contributed by atoms with Crippen molar-refractivity contribution in [1.82, 2.24) is 0 Å². The van der Waals surface area contributed by atoms with Gasteiger partial charge in [-0.05, 0) is 42.2 Å². The standard InChI is InChI=1S/C15H15BrO4/c1-15(20)7-6-11(14(18)19)12(8-16)13(15)9-2-4-10(17)5-3-9/h2-6,17,20H,7-8H2,1H3,(H,18,19). The van der Waals surface area contributed by atoms with Crippen molar-refractivity contribution in [1.29, 1.82) is 0 Å². The molecule has 0 fully saturated rings. The molecule has 1 aromatic carbocycles. The number of phenolic OH excluding ortho intramolecular Hbond substituents is 1. The maximum atomic E-state index is 11.3. The van der Waals surface area contributed by atoms with E-state index in [1.807, 2.05) is 0 Å². The number of phenols is 1. The SMILES string of the molecule is CC1(O)CC=C(C(=O)O)C(CBr)=C1c1ccc(O)cc1. The van der Waals surface area contributed by atoms with Gasteiger partial charge in [0.05, 0.1) is 11.2 Å². The van der Waals surface area contributed by atoms with Crippen LogP contribution in [0.15, 0.2) is 41.5 Å². The summed E-state index contributed by atoms with van der Waals surface area (Å²) in [6, 6.07) is 6.38. The lowest BCUT2D eigenvalue weighted by atomic mass is 9.77. The Morgan fingerprint density at radius 1 is 1.35 bits per heavy atom. The molecule has 1 aromatic rings. The van der Waals surface area contributed by atoms with Crippen molar-refractivity contribution in [3.8, 4) is 5.75 Å². The lowest BCUT2D eigenvalue weighted by molar-refractivity contribution is -0.132. The lowest BCUT2D eigenvalue weighted by Gasteiger charge is -2.32. The number of alkyl halides is 1. The van der Waals surface area contributed by atoms with Crippen molar-refractivity contribution in [3.63, 3.8) is 0 Å². The first-order chi connectivity index (χ1) is 9.36. The zero-order valence-electron chi connectivity index (χ0n) is 10.9. The Kier molecular flexibility index (Phi) is 4.01. The van der Waals surface area contributed by atoms with Crippen LogP contribution in [0.3, 0.4) is 0 Å². The molecule has 1 aliphatic rings. The van der Waals surface area contributed by atoms with Crippen molar-refractivity contribution >= 4 is 27.5 Å². The van der Waals surface area contributed by atoms with Gasteiger partial charge in [-0.1, -0.05) is 34.1 Å². The second-order valence-electron chi connectivity index (χ2n) is 4.93. The number of hydrogen-bond acceptors (Lipinski definition) is 3. The molecule has 1 unspecified atom stereocenters. The summed E-state index contributed by atoms with van der Waals surface area (Å²) in [5.41, 5.74) is 0.901. The molecular weight excluding hydrogens is 324 g/mol. The first-order valence-electron chi connectivity index (χ1n) is 6.12. The average molecular weight is 339 g/mol. The first kappa shape index (κ1) is 14.8. The highest BCUT2D eigenvalue weighted by atomic mass is 79.9. The summed E-state index contributed by atoms with van der Waals surface area (Å²) >= 11 is 3.30. The van der Waals surface area contributed by atoms with Gasteiger partial charge >= 0.3 is 5.97 Å². The second kappa shape index (κ2) is 5.42. The van der Waals surface area contributed by atoms with E-state index in [2.05, 4.69) is 15.9 Å². The quantitative estimate of drug-likeness (QED) is 0.740. The summed E-state index contributed by atoms with van der Waals surface area (Å²) in [4.78, 5) is 11.3. The number of carbonyl (C=O) groups is 1. The van der Waals surface area contributed by atoms with Crippen LogP contribution in [-0.2, 0) is 4.79 Å². The molecule has 0 heterocycles. The van der Waals surface area contributed by atoms with E-state index in [1.165, 1.54) is 12.1 Å². The number of rotatable bonds is 3. The van der Waals surface area contributed by atoms with Crippen LogP contribution in [0, 0.1) is 0 Å². The van der Waals surface area contributed by atoms with Crippen LogP contribution in [0.25, 0.3) is 5.57 Å². The highest BCUT2D eigenvalue weighted by Crippen LogP contribution is 2.40. The predicted octanol–water partition coefficient (Wildman–Crippen LogP) is 2.71. The summed E-state index contributed by atoms with van der Waals surface area (Å²) in [6.07, 6.45) is 1.78. The third-order valence-electron chi connectivity index (χ3n) is 3.39. The minimum Gasteiger partial charge on any atom is -0.508 e. The minimum atomic E-state index is -1.14. The molecule has 5 heteroatoms. The normalized spacial score (nSPS) is 22.6. The largest absolute Gasteiger partial charge is 0.508 e. The Morgan fingerprint density at radius 3 is 2.45 bits per heavy atom. The zero-order valence-corrected chi connectivity index (χ0v) is 12.5. The number of halogens is 1. The fourth-order valence-electron chi connectivity index (χ4n) is 2.45. The summed E-state index contributed by atoms with van der Waals surface area (Å²) < 4.78 is 0. The Bertz CT molecular complexity index is 597. The first-order valence-corrected chi connectivity index (χ1v) is 7.24. The van der Waals surface area contributed by atoms with E-state index in [1.54, 1.807) is 25.1 Å². The van der Waals surface area contributed by atoms with Crippen LogP contribution >= 0.6 is 15.9 Å². The number of aliphatic carboxylic acids is 1. The van der Waals surface area contributed by atoms with E-state index in [0.29, 0.717) is 22.0 Å². The third-order valence-corrected chi connectivity index (χ3v) is 3.95. The number of carboxylic acid groups (broad SMARTS) is 1. The van der Waals surface area contributed by atoms with Crippen molar-refractivity contribution < 1.29 is 20.1 Å². The molecule has 2 rings (SSSR count). The van der Waals surface area contributed by atoms with E-state index in [-0.39, 0.29) is 17.7 Å². The summed E-state index contributed by atoms with van der Waals surface area (Å²) in [7, 11) is 0. The van der Waals surface area contributed by atoms with Gasteiger partial charge in [-0.15, -0.1) is 0 Å². The fraction of sp³-hybridized carbons (Fsp3) is 0.267. The van der Waals surface area contributed by atoms with Crippen molar-refractivity contribution in [2.75, 3.05) is 5.33 Å². The summed E-state index contributed by atoms with van der Waals surface area (Å²) in [5.74, 6) is -0.884. The molecule has 106 valence electrons. The number of hydrogen-bond donors (Lipinski definition) is 3. The molecule has 0 spiro atoms. The molecule has 3 N–H and O–H groups in total. The van der Waals surface area contributed by atoms with Crippen molar-refractivity contribution in [3.05, 3.63) is 47.1 Å². The van der Waals surface area contributed by atoms with Crippen molar-refractivity contribution in [2.24, 2.45) is 0 Å². The van der Waals surface area contributed by atoms with E-state index in [4.69, 9.17) is 0 Å². The van der Waals surface area contributed by atoms with Gasteiger partial charge in [0, 0.05) is 5.33 Å². The predicted molar refractivity (Wildman–Crippen MR) is 79.8 cm³/mol. The van der Waals surface area contributed by atoms with Gasteiger partial charge in [0.1, 0.15) is 5.75 Å². The average Bonchev–Trinajstić information content (AvgIpc) is 2.38. The maximum absolute atomic E-state index is 11.3. The van der Waals surface area contributed by atoms with Gasteiger partial charge in [-0.2, -0.15) is 0 Å². The highest BCUT2D eigenvalue weighted by molar-refractivity contribution is 9.09. The summed E-state index contributed by atoms with van der Waals surface area (Å²) in [5, 5.41) is 29.5. The van der Waals surface area contributed by atoms with E-state index in [9.17, 15) is 20.1 Å². The molecule has 4 nitrogen and oxygen atoms in total. The van der Waals surface area contributed by atoms with Gasteiger partial charge in [0.2, 0.25) is 0 Å². The van der Waals surface area contributed by atoms with Crippen LogP contribution in [-0.4, -0.2) is 32.2 Å². The van der Waals surface area contributed by atoms with Crippen LogP contribution in [0.4, 0.5) is 0 Å². The molecule has 0 radical (unpaired) electrons. The monoisotopic (exact) mass is 338 g/mol. The molecule has 1 atom stereocenters. The number of carboxylic acids is 1. The second-order valence-corrected chi connectivity index (χ2v) is 5.50. The Morgan fingerprint density at radius 2 is 1.95 bits per heavy atom. The number of benzene rings is 1. The molecular formula is C15H15BrO4. The van der Waals surface area contributed by atoms with Crippen LogP contribution < -0.4 is 0 Å². The Hall–Kier alpha value is -1.59. The Labute approximate surface area is 125 Å². The van der Waals surface area contributed by atoms with Gasteiger partial charge in [0.25, 0.3) is 0 Å². The lowest BCUT2D eigenvalue weighted by Crippen LogP contribution is -2.31. The van der Waals surface area contributed by atoms with Crippen LogP contribution in [0.5, 0.6) is 5.75 Å². The number of aliphatic hydroxyl groups is 1. The smallest absolute Gasteiger partial charge is 0.335 e. The zero-order chi connectivity index (χ0) is 14.9. The molecule has 0 aromatic heterocycles.